The molecular weight excluding hydrogens is 218 g/mol. The SMILES string of the molecule is CCCc1ccc(C(=O)CCC(N)=S)cc1. The maximum atomic E-state index is 11.7. The number of hydrogen-bond donors (Lipinski definition) is 1. The zero-order valence-electron chi connectivity index (χ0n) is 9.53. The number of Topliss-reactive ketones (excluding diaryl/α,β-unsaturated/α-hetero) is 1. The second-order valence-corrected chi connectivity index (χ2v) is 4.36. The first kappa shape index (κ1) is 12.8. The zero-order chi connectivity index (χ0) is 12.0. The Balaban J connectivity index is 2.59. The largest absolute Gasteiger partial charge is 0.393 e. The Labute approximate surface area is 102 Å². The van der Waals surface area contributed by atoms with Gasteiger partial charge in [-0.05, 0) is 12.0 Å². The Bertz CT molecular complexity index is 370. The molecule has 0 aliphatic rings. The summed E-state index contributed by atoms with van der Waals surface area (Å²) in [6.45, 7) is 2.14. The third kappa shape index (κ3) is 4.11. The summed E-state index contributed by atoms with van der Waals surface area (Å²) in [5.41, 5.74) is 7.38. The van der Waals surface area contributed by atoms with Gasteiger partial charge in [-0.25, -0.2) is 0 Å². The fraction of sp³-hybridized carbons (Fsp3) is 0.385. The van der Waals surface area contributed by atoms with E-state index in [9.17, 15) is 4.79 Å². The zero-order valence-corrected chi connectivity index (χ0v) is 10.3. The van der Waals surface area contributed by atoms with Crippen LogP contribution in [0.1, 0.15) is 42.1 Å². The van der Waals surface area contributed by atoms with Crippen LogP contribution in [0.3, 0.4) is 0 Å². The van der Waals surface area contributed by atoms with Crippen LogP contribution >= 0.6 is 12.2 Å². The molecule has 0 heterocycles. The van der Waals surface area contributed by atoms with Gasteiger partial charge in [-0.3, -0.25) is 4.79 Å². The van der Waals surface area contributed by atoms with Gasteiger partial charge in [0.05, 0.1) is 4.99 Å². The van der Waals surface area contributed by atoms with Crippen molar-refractivity contribution < 1.29 is 4.79 Å². The maximum Gasteiger partial charge on any atom is 0.163 e. The van der Waals surface area contributed by atoms with Crippen molar-refractivity contribution >= 4 is 23.0 Å². The van der Waals surface area contributed by atoms with E-state index >= 15 is 0 Å². The third-order valence-electron chi connectivity index (χ3n) is 2.41. The predicted octanol–water partition coefficient (Wildman–Crippen LogP) is 2.89. The van der Waals surface area contributed by atoms with E-state index in [-0.39, 0.29) is 5.78 Å². The Morgan fingerprint density at radius 2 is 1.88 bits per heavy atom. The average molecular weight is 235 g/mol. The Hall–Kier alpha value is -1.22. The standard InChI is InChI=1S/C13H17NOS/c1-2-3-10-4-6-11(7-5-10)12(15)8-9-13(14)16/h4-7H,2-3,8-9H2,1H3,(H2,14,16). The molecule has 0 saturated carbocycles. The van der Waals surface area contributed by atoms with Crippen molar-refractivity contribution in [1.82, 2.24) is 0 Å². The number of ketones is 1. The first-order valence-corrected chi connectivity index (χ1v) is 5.94. The number of carbonyl (C=O) groups is 1. The molecular formula is C13H17NOS. The van der Waals surface area contributed by atoms with Gasteiger partial charge in [-0.1, -0.05) is 49.8 Å². The molecule has 2 N–H and O–H groups in total. The number of rotatable bonds is 6. The van der Waals surface area contributed by atoms with Crippen LogP contribution in [0.2, 0.25) is 0 Å². The Morgan fingerprint density at radius 3 is 2.38 bits per heavy atom. The molecule has 0 aliphatic heterocycles. The summed E-state index contributed by atoms with van der Waals surface area (Å²) in [5, 5.41) is 0. The first-order valence-electron chi connectivity index (χ1n) is 5.54. The second kappa shape index (κ2) is 6.38. The molecule has 0 spiro atoms. The second-order valence-electron chi connectivity index (χ2n) is 3.84. The van der Waals surface area contributed by atoms with Gasteiger partial charge in [-0.15, -0.1) is 0 Å². The van der Waals surface area contributed by atoms with Crippen molar-refractivity contribution in [3.05, 3.63) is 35.4 Å². The highest BCUT2D eigenvalue weighted by atomic mass is 32.1. The number of nitrogens with two attached hydrogens (primary N) is 1. The summed E-state index contributed by atoms with van der Waals surface area (Å²) in [6, 6.07) is 7.79. The minimum absolute atomic E-state index is 0.107. The molecule has 0 amide bonds. The van der Waals surface area contributed by atoms with Crippen molar-refractivity contribution in [2.45, 2.75) is 32.6 Å². The van der Waals surface area contributed by atoms with Crippen molar-refractivity contribution in [3.63, 3.8) is 0 Å². The lowest BCUT2D eigenvalue weighted by molar-refractivity contribution is 0.0985. The average Bonchev–Trinajstić information content (AvgIpc) is 2.27. The Kier molecular flexibility index (Phi) is 5.12. The summed E-state index contributed by atoms with van der Waals surface area (Å²) >= 11 is 4.74. The highest BCUT2D eigenvalue weighted by Crippen LogP contribution is 2.09. The molecule has 86 valence electrons. The molecule has 0 fully saturated rings. The van der Waals surface area contributed by atoms with Crippen LogP contribution in [-0.4, -0.2) is 10.8 Å². The highest BCUT2D eigenvalue weighted by molar-refractivity contribution is 7.80. The fourth-order valence-electron chi connectivity index (χ4n) is 1.53. The van der Waals surface area contributed by atoms with Crippen molar-refractivity contribution in [3.8, 4) is 0 Å². The third-order valence-corrected chi connectivity index (χ3v) is 2.62. The van der Waals surface area contributed by atoms with Gasteiger partial charge >= 0.3 is 0 Å². The van der Waals surface area contributed by atoms with Crippen LogP contribution < -0.4 is 5.73 Å². The molecule has 1 rings (SSSR count). The topological polar surface area (TPSA) is 43.1 Å². The van der Waals surface area contributed by atoms with Gasteiger partial charge in [0, 0.05) is 18.4 Å². The molecule has 0 aliphatic carbocycles. The van der Waals surface area contributed by atoms with Crippen LogP contribution in [0, 0.1) is 0 Å². The van der Waals surface area contributed by atoms with Gasteiger partial charge in [0.25, 0.3) is 0 Å². The van der Waals surface area contributed by atoms with E-state index in [0.717, 1.165) is 18.4 Å². The van der Waals surface area contributed by atoms with Crippen LogP contribution in [0.5, 0.6) is 0 Å². The summed E-state index contributed by atoms with van der Waals surface area (Å²) in [4.78, 5) is 12.1. The lowest BCUT2D eigenvalue weighted by Crippen LogP contribution is -2.10. The summed E-state index contributed by atoms with van der Waals surface area (Å²) < 4.78 is 0. The highest BCUT2D eigenvalue weighted by Gasteiger charge is 2.05. The van der Waals surface area contributed by atoms with E-state index in [1.54, 1.807) is 0 Å². The number of carbonyl (C=O) groups excluding carboxylic acids is 1. The molecule has 0 saturated heterocycles. The molecule has 0 unspecified atom stereocenters. The van der Waals surface area contributed by atoms with Crippen LogP contribution in [0.15, 0.2) is 24.3 Å². The summed E-state index contributed by atoms with van der Waals surface area (Å²) in [7, 11) is 0. The van der Waals surface area contributed by atoms with E-state index in [1.807, 2.05) is 24.3 Å². The molecule has 16 heavy (non-hydrogen) atoms. The molecule has 2 nitrogen and oxygen atoms in total. The van der Waals surface area contributed by atoms with Gasteiger partial charge in [0.15, 0.2) is 5.78 Å². The molecule has 0 atom stereocenters. The van der Waals surface area contributed by atoms with Gasteiger partial charge in [0.1, 0.15) is 0 Å². The molecule has 0 bridgehead atoms. The van der Waals surface area contributed by atoms with Gasteiger partial charge in [-0.2, -0.15) is 0 Å². The predicted molar refractivity (Wildman–Crippen MR) is 70.8 cm³/mol. The number of hydrogen-bond acceptors (Lipinski definition) is 2. The molecule has 0 radical (unpaired) electrons. The monoisotopic (exact) mass is 235 g/mol. The Morgan fingerprint density at radius 1 is 1.25 bits per heavy atom. The molecule has 1 aromatic rings. The van der Waals surface area contributed by atoms with Gasteiger partial charge < -0.3 is 5.73 Å². The summed E-state index contributed by atoms with van der Waals surface area (Å²) in [5.74, 6) is 0.107. The first-order chi connectivity index (χ1) is 7.63. The number of thiocarbonyl (C=S) groups is 1. The van der Waals surface area contributed by atoms with E-state index in [4.69, 9.17) is 18.0 Å². The van der Waals surface area contributed by atoms with Crippen LogP contribution in [0.25, 0.3) is 0 Å². The lowest BCUT2D eigenvalue weighted by atomic mass is 10.0. The van der Waals surface area contributed by atoms with E-state index < -0.39 is 0 Å². The van der Waals surface area contributed by atoms with Crippen molar-refractivity contribution in [1.29, 1.82) is 0 Å². The van der Waals surface area contributed by atoms with E-state index in [0.29, 0.717) is 17.8 Å². The van der Waals surface area contributed by atoms with E-state index in [2.05, 4.69) is 6.92 Å². The molecule has 1 aromatic carbocycles. The van der Waals surface area contributed by atoms with E-state index in [1.165, 1.54) is 5.56 Å². The van der Waals surface area contributed by atoms with Gasteiger partial charge in [0.2, 0.25) is 0 Å². The van der Waals surface area contributed by atoms with Crippen LogP contribution in [-0.2, 0) is 6.42 Å². The summed E-state index contributed by atoms with van der Waals surface area (Å²) in [6.07, 6.45) is 3.07. The van der Waals surface area contributed by atoms with Crippen molar-refractivity contribution in [2.75, 3.05) is 0 Å². The quantitative estimate of drug-likeness (QED) is 0.609. The number of benzene rings is 1. The van der Waals surface area contributed by atoms with Crippen LogP contribution in [0.4, 0.5) is 0 Å². The molecule has 0 aromatic heterocycles. The smallest absolute Gasteiger partial charge is 0.163 e. The molecule has 3 heteroatoms. The van der Waals surface area contributed by atoms with Crippen molar-refractivity contribution in [2.24, 2.45) is 5.73 Å². The maximum absolute atomic E-state index is 11.7. The minimum Gasteiger partial charge on any atom is -0.393 e. The minimum atomic E-state index is 0.107. The fourth-order valence-corrected chi connectivity index (χ4v) is 1.63. The normalized spacial score (nSPS) is 10.1. The lowest BCUT2D eigenvalue weighted by Gasteiger charge is -2.02. The number of aryl methyl sites for hydroxylation is 1.